The number of para-hydroxylation sites is 1. The van der Waals surface area contributed by atoms with E-state index in [1.165, 1.54) is 12.1 Å². The Morgan fingerprint density at radius 3 is 2.67 bits per heavy atom. The quantitative estimate of drug-likeness (QED) is 0.874. The lowest BCUT2D eigenvalue weighted by Crippen LogP contribution is -2.01. The van der Waals surface area contributed by atoms with Gasteiger partial charge in [-0.05, 0) is 43.1 Å². The summed E-state index contributed by atoms with van der Waals surface area (Å²) in [6.45, 7) is 0.647. The van der Waals surface area contributed by atoms with Crippen molar-refractivity contribution in [2.45, 2.75) is 12.8 Å². The lowest BCUT2D eigenvalue weighted by Gasteiger charge is -2.10. The molecule has 2 rings (SSSR count). The van der Waals surface area contributed by atoms with Gasteiger partial charge in [0.25, 0.3) is 0 Å². The van der Waals surface area contributed by atoms with Crippen LogP contribution < -0.4 is 10.5 Å². The molecule has 0 bridgehead atoms. The van der Waals surface area contributed by atoms with Crippen LogP contribution in [-0.4, -0.2) is 6.54 Å². The summed E-state index contributed by atoms with van der Waals surface area (Å²) in [6, 6.07) is 13.9. The van der Waals surface area contributed by atoms with Crippen LogP contribution in [0, 0.1) is 5.82 Å². The highest BCUT2D eigenvalue weighted by Crippen LogP contribution is 2.26. The molecule has 0 aromatic heterocycles. The van der Waals surface area contributed by atoms with Crippen molar-refractivity contribution in [2.75, 3.05) is 6.54 Å². The Balaban J connectivity index is 2.17. The first-order valence-corrected chi connectivity index (χ1v) is 6.01. The largest absolute Gasteiger partial charge is 0.457 e. The molecule has 0 saturated heterocycles. The summed E-state index contributed by atoms with van der Waals surface area (Å²) in [6.07, 6.45) is 1.77. The van der Waals surface area contributed by atoms with E-state index in [1.54, 1.807) is 12.1 Å². The topological polar surface area (TPSA) is 35.2 Å². The lowest BCUT2D eigenvalue weighted by molar-refractivity contribution is 0.470. The van der Waals surface area contributed by atoms with E-state index in [0.29, 0.717) is 12.3 Å². The van der Waals surface area contributed by atoms with E-state index in [2.05, 4.69) is 0 Å². The van der Waals surface area contributed by atoms with Crippen LogP contribution in [0.25, 0.3) is 0 Å². The van der Waals surface area contributed by atoms with Crippen molar-refractivity contribution in [3.8, 4) is 11.5 Å². The smallest absolute Gasteiger partial charge is 0.130 e. The lowest BCUT2D eigenvalue weighted by atomic mass is 10.1. The minimum atomic E-state index is -0.299. The Hall–Kier alpha value is -1.87. The molecule has 0 aliphatic heterocycles. The van der Waals surface area contributed by atoms with Gasteiger partial charge in [0.2, 0.25) is 0 Å². The van der Waals surface area contributed by atoms with E-state index >= 15 is 0 Å². The van der Waals surface area contributed by atoms with Crippen LogP contribution in [0.15, 0.2) is 48.5 Å². The molecular formula is C15H16FNO. The number of ether oxygens (including phenoxy) is 1. The van der Waals surface area contributed by atoms with Crippen molar-refractivity contribution >= 4 is 0 Å². The first-order valence-electron chi connectivity index (χ1n) is 6.01. The van der Waals surface area contributed by atoms with E-state index in [9.17, 15) is 4.39 Å². The maximum atomic E-state index is 13.1. The molecule has 2 N–H and O–H groups in total. The van der Waals surface area contributed by atoms with Gasteiger partial charge < -0.3 is 10.5 Å². The fourth-order valence-corrected chi connectivity index (χ4v) is 1.76. The number of rotatable bonds is 5. The van der Waals surface area contributed by atoms with Gasteiger partial charge in [-0.25, -0.2) is 4.39 Å². The maximum Gasteiger partial charge on any atom is 0.130 e. The zero-order chi connectivity index (χ0) is 12.8. The fraction of sp³-hybridized carbons (Fsp3) is 0.200. The average Bonchev–Trinajstić information content (AvgIpc) is 2.38. The van der Waals surface area contributed by atoms with Crippen LogP contribution in [0.4, 0.5) is 4.39 Å². The first-order chi connectivity index (χ1) is 8.79. The summed E-state index contributed by atoms with van der Waals surface area (Å²) in [5.41, 5.74) is 6.60. The Labute approximate surface area is 106 Å². The van der Waals surface area contributed by atoms with Gasteiger partial charge in [0.15, 0.2) is 0 Å². The van der Waals surface area contributed by atoms with E-state index in [0.717, 1.165) is 24.2 Å². The Morgan fingerprint density at radius 2 is 1.89 bits per heavy atom. The Kier molecular flexibility index (Phi) is 4.31. The molecule has 3 heteroatoms. The van der Waals surface area contributed by atoms with Gasteiger partial charge in [0.05, 0.1) is 0 Å². The predicted octanol–water partition coefficient (Wildman–Crippen LogP) is 3.51. The highest BCUT2D eigenvalue weighted by molar-refractivity contribution is 5.38. The van der Waals surface area contributed by atoms with E-state index in [1.807, 2.05) is 24.3 Å². The van der Waals surface area contributed by atoms with Crippen LogP contribution in [0.5, 0.6) is 11.5 Å². The molecule has 94 valence electrons. The van der Waals surface area contributed by atoms with Crippen LogP contribution in [-0.2, 0) is 6.42 Å². The molecule has 0 fully saturated rings. The van der Waals surface area contributed by atoms with Gasteiger partial charge in [0.1, 0.15) is 17.3 Å². The van der Waals surface area contributed by atoms with Gasteiger partial charge >= 0.3 is 0 Å². The maximum absolute atomic E-state index is 13.1. The minimum absolute atomic E-state index is 0.299. The molecule has 0 amide bonds. The van der Waals surface area contributed by atoms with Crippen molar-refractivity contribution in [1.29, 1.82) is 0 Å². The third-order valence-electron chi connectivity index (χ3n) is 2.65. The van der Waals surface area contributed by atoms with Crippen molar-refractivity contribution in [2.24, 2.45) is 5.73 Å². The molecule has 0 unspecified atom stereocenters. The van der Waals surface area contributed by atoms with Gasteiger partial charge in [-0.3, -0.25) is 0 Å². The molecule has 2 nitrogen and oxygen atoms in total. The highest BCUT2D eigenvalue weighted by Gasteiger charge is 2.04. The molecule has 0 spiro atoms. The Bertz CT molecular complexity index is 513. The van der Waals surface area contributed by atoms with Crippen LogP contribution in [0.1, 0.15) is 12.0 Å². The Morgan fingerprint density at radius 1 is 1.06 bits per heavy atom. The minimum Gasteiger partial charge on any atom is -0.457 e. The van der Waals surface area contributed by atoms with Gasteiger partial charge in [-0.2, -0.15) is 0 Å². The van der Waals surface area contributed by atoms with E-state index in [-0.39, 0.29) is 5.82 Å². The van der Waals surface area contributed by atoms with Crippen molar-refractivity contribution < 1.29 is 9.13 Å². The molecule has 0 heterocycles. The number of aryl methyl sites for hydroxylation is 1. The number of hydrogen-bond donors (Lipinski definition) is 1. The molecular weight excluding hydrogens is 229 g/mol. The molecule has 0 radical (unpaired) electrons. The van der Waals surface area contributed by atoms with Gasteiger partial charge in [-0.15, -0.1) is 0 Å². The van der Waals surface area contributed by atoms with Crippen molar-refractivity contribution in [3.63, 3.8) is 0 Å². The SMILES string of the molecule is NCCCc1ccccc1Oc1cccc(F)c1. The molecule has 0 aliphatic rings. The zero-order valence-corrected chi connectivity index (χ0v) is 10.1. The first kappa shape index (κ1) is 12.6. The second-order valence-corrected chi connectivity index (χ2v) is 4.06. The summed E-state index contributed by atoms with van der Waals surface area (Å²) in [5.74, 6) is 0.971. The van der Waals surface area contributed by atoms with Gasteiger partial charge in [-0.1, -0.05) is 24.3 Å². The zero-order valence-electron chi connectivity index (χ0n) is 10.1. The average molecular weight is 245 g/mol. The normalized spacial score (nSPS) is 10.3. The van der Waals surface area contributed by atoms with Crippen molar-refractivity contribution in [1.82, 2.24) is 0 Å². The highest BCUT2D eigenvalue weighted by atomic mass is 19.1. The van der Waals surface area contributed by atoms with Crippen LogP contribution >= 0.6 is 0 Å². The standard InChI is InChI=1S/C15H16FNO/c16-13-7-3-8-14(11-13)18-15-9-2-1-5-12(15)6-4-10-17/h1-3,5,7-9,11H,4,6,10,17H2. The molecule has 18 heavy (non-hydrogen) atoms. The molecule has 0 atom stereocenters. The van der Waals surface area contributed by atoms with Crippen molar-refractivity contribution in [3.05, 3.63) is 59.9 Å². The van der Waals surface area contributed by atoms with Gasteiger partial charge in [0, 0.05) is 6.07 Å². The predicted molar refractivity (Wildman–Crippen MR) is 70.3 cm³/mol. The third-order valence-corrected chi connectivity index (χ3v) is 2.65. The molecule has 2 aromatic rings. The third kappa shape index (κ3) is 3.31. The molecule has 2 aromatic carbocycles. The number of hydrogen-bond acceptors (Lipinski definition) is 2. The van der Waals surface area contributed by atoms with E-state index < -0.39 is 0 Å². The number of nitrogens with two attached hydrogens (primary N) is 1. The number of halogens is 1. The summed E-state index contributed by atoms with van der Waals surface area (Å²) < 4.78 is 18.8. The fourth-order valence-electron chi connectivity index (χ4n) is 1.76. The molecule has 0 aliphatic carbocycles. The van der Waals surface area contributed by atoms with Crippen LogP contribution in [0.3, 0.4) is 0 Å². The van der Waals surface area contributed by atoms with E-state index in [4.69, 9.17) is 10.5 Å². The summed E-state index contributed by atoms with van der Waals surface area (Å²) in [4.78, 5) is 0. The second-order valence-electron chi connectivity index (χ2n) is 4.06. The molecule has 0 saturated carbocycles. The number of benzene rings is 2. The van der Waals surface area contributed by atoms with Crippen LogP contribution in [0.2, 0.25) is 0 Å². The summed E-state index contributed by atoms with van der Waals surface area (Å²) in [7, 11) is 0. The monoisotopic (exact) mass is 245 g/mol. The summed E-state index contributed by atoms with van der Waals surface area (Å²) >= 11 is 0. The second kappa shape index (κ2) is 6.17. The summed E-state index contributed by atoms with van der Waals surface area (Å²) in [5, 5.41) is 0.